The van der Waals surface area contributed by atoms with Gasteiger partial charge >= 0.3 is 6.09 Å². The van der Waals surface area contributed by atoms with Crippen LogP contribution in [0.2, 0.25) is 0 Å². The van der Waals surface area contributed by atoms with Crippen LogP contribution in [0.15, 0.2) is 61.1 Å². The number of nitrogens with one attached hydrogen (secondary N) is 1. The summed E-state index contributed by atoms with van der Waals surface area (Å²) in [6.45, 7) is 2.25. The normalized spacial score (nSPS) is 13.0. The number of benzene rings is 1. The minimum atomic E-state index is -0.604. The molecule has 1 N–H and O–H groups in total. The maximum Gasteiger partial charge on any atom is 0.412 e. The fourth-order valence-corrected chi connectivity index (χ4v) is 3.87. The summed E-state index contributed by atoms with van der Waals surface area (Å²) in [4.78, 5) is 35.3. The van der Waals surface area contributed by atoms with Gasteiger partial charge in [-0.05, 0) is 67.6 Å². The summed E-state index contributed by atoms with van der Waals surface area (Å²) < 4.78 is 20.7. The topological polar surface area (TPSA) is 88.8 Å². The number of carbonyl (C=O) groups excluding carboxylic acids is 2. The molecule has 178 valence electrons. The van der Waals surface area contributed by atoms with Crippen molar-refractivity contribution in [1.82, 2.24) is 14.4 Å². The van der Waals surface area contributed by atoms with Gasteiger partial charge in [-0.15, -0.1) is 0 Å². The number of hydrogen-bond acceptors (Lipinski definition) is 5. The van der Waals surface area contributed by atoms with Crippen LogP contribution >= 0.6 is 0 Å². The second kappa shape index (κ2) is 9.17. The van der Waals surface area contributed by atoms with Crippen molar-refractivity contribution in [3.05, 3.63) is 78.0 Å². The van der Waals surface area contributed by atoms with Gasteiger partial charge in [-0.2, -0.15) is 0 Å². The first-order valence-electron chi connectivity index (χ1n) is 11.3. The number of amides is 2. The molecule has 0 unspecified atom stereocenters. The number of nitrogens with zero attached hydrogens (tertiary/aromatic N) is 4. The van der Waals surface area contributed by atoms with Crippen molar-refractivity contribution in [2.24, 2.45) is 5.92 Å². The molecule has 3 heterocycles. The van der Waals surface area contributed by atoms with Crippen LogP contribution in [0, 0.1) is 18.7 Å². The first kappa shape index (κ1) is 22.5. The van der Waals surface area contributed by atoms with E-state index in [2.05, 4.69) is 20.0 Å². The van der Waals surface area contributed by atoms with Crippen LogP contribution in [0.25, 0.3) is 16.9 Å². The highest BCUT2D eigenvalue weighted by molar-refractivity contribution is 6.06. The predicted molar refractivity (Wildman–Crippen MR) is 130 cm³/mol. The molecule has 3 aromatic heterocycles. The summed E-state index contributed by atoms with van der Waals surface area (Å²) >= 11 is 0. The maximum atomic E-state index is 14.3. The number of hydrogen-bond donors (Lipinski definition) is 1. The lowest BCUT2D eigenvalue weighted by Crippen LogP contribution is -2.33. The average Bonchev–Trinajstić information content (AvgIpc) is 3.60. The van der Waals surface area contributed by atoms with Crippen molar-refractivity contribution in [3.63, 3.8) is 0 Å². The van der Waals surface area contributed by atoms with Gasteiger partial charge in [0.05, 0.1) is 24.6 Å². The van der Waals surface area contributed by atoms with Crippen LogP contribution in [-0.4, -0.2) is 40.0 Å². The fraction of sp³-hybridized carbons (Fsp3) is 0.231. The number of pyridine rings is 2. The van der Waals surface area contributed by atoms with E-state index in [0.29, 0.717) is 40.7 Å². The quantitative estimate of drug-likeness (QED) is 0.422. The molecule has 5 rings (SSSR count). The number of halogens is 1. The third-order valence-corrected chi connectivity index (χ3v) is 6.08. The van der Waals surface area contributed by atoms with Crippen molar-refractivity contribution in [2.75, 3.05) is 23.9 Å². The lowest BCUT2D eigenvalue weighted by atomic mass is 10.1. The van der Waals surface area contributed by atoms with E-state index in [1.54, 1.807) is 66.8 Å². The number of aryl methyl sites for hydroxylation is 1. The molecule has 0 radical (unpaired) electrons. The molecular formula is C26H24FN5O3. The summed E-state index contributed by atoms with van der Waals surface area (Å²) in [5, 5.41) is 2.51. The first-order chi connectivity index (χ1) is 16.9. The molecule has 1 aromatic carbocycles. The summed E-state index contributed by atoms with van der Waals surface area (Å²) in [5.74, 6) is 0.254. The molecule has 0 spiro atoms. The van der Waals surface area contributed by atoms with Crippen molar-refractivity contribution in [3.8, 4) is 11.3 Å². The van der Waals surface area contributed by atoms with Crippen molar-refractivity contribution < 1.29 is 18.7 Å². The van der Waals surface area contributed by atoms with Gasteiger partial charge in [0.1, 0.15) is 17.3 Å². The molecule has 0 bridgehead atoms. The Morgan fingerprint density at radius 3 is 2.66 bits per heavy atom. The summed E-state index contributed by atoms with van der Waals surface area (Å²) in [6, 6.07) is 11.9. The number of rotatable bonds is 6. The molecule has 2 amide bonds. The van der Waals surface area contributed by atoms with E-state index in [0.717, 1.165) is 24.1 Å². The molecule has 1 saturated carbocycles. The van der Waals surface area contributed by atoms with Crippen LogP contribution in [0.4, 0.5) is 20.7 Å². The molecule has 4 aromatic rings. The molecule has 0 saturated heterocycles. The zero-order valence-electron chi connectivity index (χ0n) is 19.4. The van der Waals surface area contributed by atoms with Gasteiger partial charge in [0.15, 0.2) is 0 Å². The van der Waals surface area contributed by atoms with E-state index in [9.17, 15) is 14.0 Å². The minimum Gasteiger partial charge on any atom is -0.453 e. The van der Waals surface area contributed by atoms with E-state index < -0.39 is 6.09 Å². The monoisotopic (exact) mass is 473 g/mol. The number of imidazole rings is 1. The standard InChI is InChI=1S/C26H24FN5O3/c1-16-3-8-20(11-21(16)27)31(14-17-4-5-17)25(33)19-7-10-24-29-13-22(32(24)15-19)18-6-9-23(28-12-18)30-26(34)35-2/h3,6-13,15,17H,4-5,14H2,1-2H3,(H,28,30,34). The van der Waals surface area contributed by atoms with Gasteiger partial charge < -0.3 is 9.64 Å². The highest BCUT2D eigenvalue weighted by Gasteiger charge is 2.29. The van der Waals surface area contributed by atoms with E-state index in [1.807, 2.05) is 4.40 Å². The maximum absolute atomic E-state index is 14.3. The fourth-order valence-electron chi connectivity index (χ4n) is 3.87. The average molecular weight is 474 g/mol. The third-order valence-electron chi connectivity index (χ3n) is 6.08. The number of methoxy groups -OCH3 is 1. The molecule has 1 aliphatic rings. The number of fused-ring (bicyclic) bond motifs is 1. The van der Waals surface area contributed by atoms with Gasteiger partial charge in [-0.25, -0.2) is 19.2 Å². The largest absolute Gasteiger partial charge is 0.453 e. The predicted octanol–water partition coefficient (Wildman–Crippen LogP) is 5.08. The Bertz CT molecular complexity index is 1410. The summed E-state index contributed by atoms with van der Waals surface area (Å²) in [6.07, 6.45) is 6.58. The molecule has 1 aliphatic carbocycles. The molecule has 8 nitrogen and oxygen atoms in total. The van der Waals surface area contributed by atoms with Gasteiger partial charge in [0.25, 0.3) is 5.91 Å². The number of anilines is 2. The molecule has 0 atom stereocenters. The Labute approximate surface area is 201 Å². The van der Waals surface area contributed by atoms with Crippen LogP contribution in [0.1, 0.15) is 28.8 Å². The van der Waals surface area contributed by atoms with Crippen molar-refractivity contribution in [2.45, 2.75) is 19.8 Å². The van der Waals surface area contributed by atoms with Crippen molar-refractivity contribution in [1.29, 1.82) is 0 Å². The second-order valence-corrected chi connectivity index (χ2v) is 8.63. The Balaban J connectivity index is 1.47. The highest BCUT2D eigenvalue weighted by atomic mass is 19.1. The minimum absolute atomic E-state index is 0.197. The third kappa shape index (κ3) is 4.70. The lowest BCUT2D eigenvalue weighted by molar-refractivity contribution is 0.0985. The zero-order valence-corrected chi connectivity index (χ0v) is 19.4. The van der Waals surface area contributed by atoms with Gasteiger partial charge in [0.2, 0.25) is 0 Å². The Morgan fingerprint density at radius 2 is 1.97 bits per heavy atom. The van der Waals surface area contributed by atoms with Gasteiger partial charge in [-0.3, -0.25) is 14.5 Å². The Hall–Kier alpha value is -4.27. The van der Waals surface area contributed by atoms with Gasteiger partial charge in [-0.1, -0.05) is 6.07 Å². The van der Waals surface area contributed by atoms with Crippen LogP contribution in [0.5, 0.6) is 0 Å². The van der Waals surface area contributed by atoms with E-state index in [-0.39, 0.29) is 11.7 Å². The zero-order chi connectivity index (χ0) is 24.5. The summed E-state index contributed by atoms with van der Waals surface area (Å²) in [7, 11) is 1.28. The first-order valence-corrected chi connectivity index (χ1v) is 11.3. The number of carbonyl (C=O) groups is 2. The highest BCUT2D eigenvalue weighted by Crippen LogP contribution is 2.33. The number of aromatic nitrogens is 3. The number of ether oxygens (including phenoxy) is 1. The summed E-state index contributed by atoms with van der Waals surface area (Å²) in [5.41, 5.74) is 3.72. The molecule has 1 fully saturated rings. The SMILES string of the molecule is COC(=O)Nc1ccc(-c2cnc3ccc(C(=O)N(CC4CC4)c4ccc(C)c(F)c4)cn23)cn1. The molecule has 0 aliphatic heterocycles. The smallest absolute Gasteiger partial charge is 0.412 e. The van der Waals surface area contributed by atoms with Crippen molar-refractivity contribution >= 4 is 29.2 Å². The molecular weight excluding hydrogens is 449 g/mol. The molecule has 9 heteroatoms. The lowest BCUT2D eigenvalue weighted by Gasteiger charge is -2.23. The van der Waals surface area contributed by atoms with E-state index in [4.69, 9.17) is 0 Å². The van der Waals surface area contributed by atoms with E-state index in [1.165, 1.54) is 13.2 Å². The van der Waals surface area contributed by atoms with Gasteiger partial charge in [0, 0.05) is 30.2 Å². The Morgan fingerprint density at radius 1 is 1.14 bits per heavy atom. The Kier molecular flexibility index (Phi) is 5.90. The van der Waals surface area contributed by atoms with Crippen LogP contribution in [-0.2, 0) is 4.74 Å². The second-order valence-electron chi connectivity index (χ2n) is 8.63. The van der Waals surface area contributed by atoms with E-state index >= 15 is 0 Å². The van der Waals surface area contributed by atoms with Crippen LogP contribution < -0.4 is 10.2 Å². The van der Waals surface area contributed by atoms with Crippen LogP contribution in [0.3, 0.4) is 0 Å². The molecule has 35 heavy (non-hydrogen) atoms.